The number of rotatable bonds is 2. The molecule has 6 nitrogen and oxygen atoms in total. The second-order valence-electron chi connectivity index (χ2n) is 4.76. The van der Waals surface area contributed by atoms with Gasteiger partial charge in [-0.2, -0.15) is 0 Å². The molecule has 2 fully saturated rings. The monoisotopic (exact) mass is 268 g/mol. The molecule has 0 radical (unpaired) electrons. The van der Waals surface area contributed by atoms with E-state index in [9.17, 15) is 9.90 Å². The summed E-state index contributed by atoms with van der Waals surface area (Å²) in [5.41, 5.74) is 0. The third-order valence-corrected chi connectivity index (χ3v) is 3.86. The van der Waals surface area contributed by atoms with Gasteiger partial charge >= 0.3 is 0 Å². The summed E-state index contributed by atoms with van der Waals surface area (Å²) in [5, 5.41) is 12.0. The lowest BCUT2D eigenvalue weighted by Crippen LogP contribution is -2.43. The SMILES string of the molecule is O=C(NC1CN2CC[C@H]1C2)c1ncc(O)c(Cl)n1. The fourth-order valence-electron chi connectivity index (χ4n) is 2.64. The third-order valence-electron chi connectivity index (χ3n) is 3.58. The highest BCUT2D eigenvalue weighted by Gasteiger charge is 2.38. The predicted octanol–water partition coefficient (Wildman–Crippen LogP) is 0.269. The van der Waals surface area contributed by atoms with Crippen molar-refractivity contribution in [1.82, 2.24) is 20.2 Å². The summed E-state index contributed by atoms with van der Waals surface area (Å²) in [6.45, 7) is 3.07. The summed E-state index contributed by atoms with van der Waals surface area (Å²) in [6, 6.07) is 0.169. The lowest BCUT2D eigenvalue weighted by molar-refractivity contribution is 0.0913. The van der Waals surface area contributed by atoms with Crippen molar-refractivity contribution in [3.63, 3.8) is 0 Å². The molecule has 1 aromatic heterocycles. The fraction of sp³-hybridized carbons (Fsp3) is 0.545. The molecule has 2 bridgehead atoms. The van der Waals surface area contributed by atoms with Gasteiger partial charge in [-0.3, -0.25) is 4.79 Å². The molecule has 3 atom stereocenters. The van der Waals surface area contributed by atoms with Crippen LogP contribution in [0.4, 0.5) is 0 Å². The van der Waals surface area contributed by atoms with Crippen molar-refractivity contribution in [2.45, 2.75) is 12.5 Å². The number of aromatic nitrogens is 2. The number of amides is 1. The van der Waals surface area contributed by atoms with E-state index < -0.39 is 0 Å². The van der Waals surface area contributed by atoms with E-state index in [1.165, 1.54) is 0 Å². The number of nitrogens with one attached hydrogen (secondary N) is 1. The maximum atomic E-state index is 11.9. The van der Waals surface area contributed by atoms with Gasteiger partial charge in [0.1, 0.15) is 0 Å². The molecule has 1 aromatic rings. The molecular formula is C11H13ClN4O2. The highest BCUT2D eigenvalue weighted by atomic mass is 35.5. The van der Waals surface area contributed by atoms with Crippen molar-refractivity contribution in [2.24, 2.45) is 5.92 Å². The minimum atomic E-state index is -0.337. The maximum Gasteiger partial charge on any atom is 0.289 e. The van der Waals surface area contributed by atoms with E-state index in [0.29, 0.717) is 5.92 Å². The van der Waals surface area contributed by atoms with Crippen LogP contribution in [-0.4, -0.2) is 51.6 Å². The summed E-state index contributed by atoms with van der Waals surface area (Å²) < 4.78 is 0. The third kappa shape index (κ3) is 2.02. The first kappa shape index (κ1) is 11.7. The molecule has 0 aliphatic carbocycles. The highest BCUT2D eigenvalue weighted by Crippen LogP contribution is 2.27. The molecule has 0 spiro atoms. The molecule has 3 rings (SSSR count). The average Bonchev–Trinajstić information content (AvgIpc) is 2.94. The molecule has 7 heteroatoms. The number of nitrogens with zero attached hydrogens (tertiary/aromatic N) is 3. The molecule has 2 unspecified atom stereocenters. The molecule has 0 aromatic carbocycles. The Balaban J connectivity index is 1.69. The minimum absolute atomic E-state index is 0.00410. The molecule has 2 aliphatic rings. The fourth-order valence-corrected chi connectivity index (χ4v) is 2.77. The number of halogens is 1. The average molecular weight is 269 g/mol. The number of aromatic hydroxyl groups is 1. The number of fused-ring (bicyclic) bond motifs is 2. The molecule has 3 heterocycles. The topological polar surface area (TPSA) is 78.4 Å². The van der Waals surface area contributed by atoms with Crippen LogP contribution < -0.4 is 5.32 Å². The summed E-state index contributed by atoms with van der Waals surface area (Å²) >= 11 is 5.65. The Morgan fingerprint density at radius 3 is 3.00 bits per heavy atom. The summed E-state index contributed by atoms with van der Waals surface area (Å²) in [6.07, 6.45) is 2.26. The van der Waals surface area contributed by atoms with Crippen molar-refractivity contribution >= 4 is 17.5 Å². The van der Waals surface area contributed by atoms with Gasteiger partial charge in [-0.1, -0.05) is 11.6 Å². The summed E-state index contributed by atoms with van der Waals surface area (Å²) in [5.74, 6) is -0.0352. The van der Waals surface area contributed by atoms with Gasteiger partial charge in [-0.05, 0) is 18.9 Å². The number of carbonyl (C=O) groups excluding carboxylic acids is 1. The summed E-state index contributed by atoms with van der Waals surface area (Å²) in [4.78, 5) is 21.8. The van der Waals surface area contributed by atoms with E-state index in [1.807, 2.05) is 0 Å². The standard InChI is InChI=1S/C11H13ClN4O2/c12-9-8(17)3-13-10(15-9)11(18)14-7-5-16-2-1-6(7)4-16/h3,6-7,17H,1-2,4-5H2,(H,14,18)/t6-,7?/m0/s1. The molecule has 2 aliphatic heterocycles. The molecule has 2 saturated heterocycles. The lowest BCUT2D eigenvalue weighted by Gasteiger charge is -2.22. The second-order valence-corrected chi connectivity index (χ2v) is 5.12. The van der Waals surface area contributed by atoms with E-state index >= 15 is 0 Å². The van der Waals surface area contributed by atoms with Gasteiger partial charge in [-0.25, -0.2) is 9.97 Å². The van der Waals surface area contributed by atoms with E-state index in [0.717, 1.165) is 32.3 Å². The van der Waals surface area contributed by atoms with Crippen molar-refractivity contribution < 1.29 is 9.90 Å². The van der Waals surface area contributed by atoms with E-state index in [2.05, 4.69) is 20.2 Å². The van der Waals surface area contributed by atoms with Crippen LogP contribution >= 0.6 is 11.6 Å². The van der Waals surface area contributed by atoms with Crippen LogP contribution in [0.5, 0.6) is 5.75 Å². The Hall–Kier alpha value is -1.40. The first-order valence-corrected chi connectivity index (χ1v) is 6.26. The Labute approximate surface area is 109 Å². The number of hydrogen-bond donors (Lipinski definition) is 2. The van der Waals surface area contributed by atoms with Crippen LogP contribution in [0.1, 0.15) is 17.0 Å². The Morgan fingerprint density at radius 2 is 2.39 bits per heavy atom. The zero-order chi connectivity index (χ0) is 12.7. The van der Waals surface area contributed by atoms with Crippen LogP contribution in [-0.2, 0) is 0 Å². The van der Waals surface area contributed by atoms with Crippen molar-refractivity contribution in [3.8, 4) is 5.75 Å². The predicted molar refractivity (Wildman–Crippen MR) is 64.5 cm³/mol. The van der Waals surface area contributed by atoms with Crippen molar-refractivity contribution in [2.75, 3.05) is 19.6 Å². The van der Waals surface area contributed by atoms with Crippen LogP contribution in [0.2, 0.25) is 5.15 Å². The lowest BCUT2D eigenvalue weighted by atomic mass is 10.00. The van der Waals surface area contributed by atoms with Crippen LogP contribution in [0.3, 0.4) is 0 Å². The minimum Gasteiger partial charge on any atom is -0.504 e. The summed E-state index contributed by atoms with van der Waals surface area (Å²) in [7, 11) is 0. The Morgan fingerprint density at radius 1 is 1.56 bits per heavy atom. The molecule has 96 valence electrons. The van der Waals surface area contributed by atoms with Gasteiger partial charge in [0, 0.05) is 19.1 Å². The molecular weight excluding hydrogens is 256 g/mol. The Bertz CT molecular complexity index is 496. The van der Waals surface area contributed by atoms with Gasteiger partial charge in [0.2, 0.25) is 5.82 Å². The Kier molecular flexibility index (Phi) is 2.83. The maximum absolute atomic E-state index is 11.9. The quantitative estimate of drug-likeness (QED) is 0.753. The van der Waals surface area contributed by atoms with Gasteiger partial charge in [0.05, 0.1) is 6.20 Å². The smallest absolute Gasteiger partial charge is 0.289 e. The first-order valence-electron chi connectivity index (χ1n) is 5.88. The van der Waals surface area contributed by atoms with Crippen molar-refractivity contribution in [1.29, 1.82) is 0 Å². The van der Waals surface area contributed by atoms with E-state index in [1.54, 1.807) is 0 Å². The van der Waals surface area contributed by atoms with Gasteiger partial charge in [-0.15, -0.1) is 0 Å². The molecule has 1 amide bonds. The zero-order valence-electron chi connectivity index (χ0n) is 9.64. The van der Waals surface area contributed by atoms with E-state index in [-0.39, 0.29) is 28.7 Å². The first-order chi connectivity index (χ1) is 8.63. The van der Waals surface area contributed by atoms with Crippen LogP contribution in [0.15, 0.2) is 6.20 Å². The molecule has 0 saturated carbocycles. The van der Waals surface area contributed by atoms with E-state index in [4.69, 9.17) is 11.6 Å². The zero-order valence-corrected chi connectivity index (χ0v) is 10.4. The van der Waals surface area contributed by atoms with Gasteiger partial charge in [0.25, 0.3) is 5.91 Å². The number of piperidine rings is 1. The molecule has 2 N–H and O–H groups in total. The second kappa shape index (κ2) is 4.37. The normalized spacial score (nSPS) is 29.5. The van der Waals surface area contributed by atoms with Crippen LogP contribution in [0.25, 0.3) is 0 Å². The van der Waals surface area contributed by atoms with Crippen LogP contribution in [0, 0.1) is 5.92 Å². The highest BCUT2D eigenvalue weighted by molar-refractivity contribution is 6.30. The van der Waals surface area contributed by atoms with Gasteiger partial charge < -0.3 is 15.3 Å². The van der Waals surface area contributed by atoms with Crippen molar-refractivity contribution in [3.05, 3.63) is 17.2 Å². The van der Waals surface area contributed by atoms with Gasteiger partial charge in [0.15, 0.2) is 10.9 Å². The molecule has 18 heavy (non-hydrogen) atoms. The number of hydrogen-bond acceptors (Lipinski definition) is 5. The largest absolute Gasteiger partial charge is 0.504 e. The number of carbonyl (C=O) groups is 1.